The zero-order valence-electron chi connectivity index (χ0n) is 8.98. The van der Waals surface area contributed by atoms with E-state index in [1.54, 1.807) is 25.3 Å². The van der Waals surface area contributed by atoms with Crippen molar-refractivity contribution in [1.82, 2.24) is 0 Å². The van der Waals surface area contributed by atoms with E-state index in [9.17, 15) is 5.11 Å². The number of hydrogen-bond acceptors (Lipinski definition) is 3. The van der Waals surface area contributed by atoms with Crippen LogP contribution in [0.3, 0.4) is 0 Å². The summed E-state index contributed by atoms with van der Waals surface area (Å²) in [6, 6.07) is 7.00. The predicted octanol–water partition coefficient (Wildman–Crippen LogP) is 4.15. The van der Waals surface area contributed by atoms with Crippen LogP contribution in [0.1, 0.15) is 16.5 Å². The van der Waals surface area contributed by atoms with Gasteiger partial charge in [-0.3, -0.25) is 0 Å². The Morgan fingerprint density at radius 3 is 2.76 bits per heavy atom. The highest BCUT2D eigenvalue weighted by molar-refractivity contribution is 7.10. The second-order valence-electron chi connectivity index (χ2n) is 3.40. The molecule has 0 saturated carbocycles. The molecule has 17 heavy (non-hydrogen) atoms. The van der Waals surface area contributed by atoms with E-state index >= 15 is 0 Å². The van der Waals surface area contributed by atoms with Crippen LogP contribution in [-0.4, -0.2) is 12.2 Å². The number of ether oxygens (including phenoxy) is 1. The lowest BCUT2D eigenvalue weighted by molar-refractivity contribution is 0.219. The minimum absolute atomic E-state index is 0.372. The Labute approximate surface area is 113 Å². The number of aliphatic hydroxyl groups excluding tert-OH is 1. The van der Waals surface area contributed by atoms with Gasteiger partial charge in [0.05, 0.1) is 22.0 Å². The van der Waals surface area contributed by atoms with E-state index in [1.165, 1.54) is 11.3 Å². The summed E-state index contributed by atoms with van der Waals surface area (Å²) in [7, 11) is 1.57. The molecule has 0 aliphatic heterocycles. The van der Waals surface area contributed by atoms with Crippen molar-refractivity contribution in [3.63, 3.8) is 0 Å². The maximum absolute atomic E-state index is 10.3. The van der Waals surface area contributed by atoms with E-state index in [0.717, 1.165) is 4.88 Å². The van der Waals surface area contributed by atoms with Gasteiger partial charge in [-0.05, 0) is 17.5 Å². The predicted molar refractivity (Wildman–Crippen MR) is 71.4 cm³/mol. The van der Waals surface area contributed by atoms with Gasteiger partial charge in [0.25, 0.3) is 0 Å². The Morgan fingerprint density at radius 1 is 1.29 bits per heavy atom. The zero-order valence-corrected chi connectivity index (χ0v) is 11.3. The largest absolute Gasteiger partial charge is 0.495 e. The van der Waals surface area contributed by atoms with Crippen molar-refractivity contribution < 1.29 is 9.84 Å². The molecule has 90 valence electrons. The van der Waals surface area contributed by atoms with Crippen molar-refractivity contribution in [2.75, 3.05) is 7.11 Å². The van der Waals surface area contributed by atoms with Gasteiger partial charge in [0.2, 0.25) is 0 Å². The van der Waals surface area contributed by atoms with Crippen LogP contribution in [0, 0.1) is 0 Å². The van der Waals surface area contributed by atoms with E-state index in [0.29, 0.717) is 21.4 Å². The Balaban J connectivity index is 2.44. The SMILES string of the molecule is COc1ccsc1C(O)c1cccc(Cl)c1Cl. The van der Waals surface area contributed by atoms with Crippen molar-refractivity contribution in [1.29, 1.82) is 0 Å². The van der Waals surface area contributed by atoms with Crippen molar-refractivity contribution >= 4 is 34.5 Å². The summed E-state index contributed by atoms with van der Waals surface area (Å²) in [5, 5.41) is 12.9. The lowest BCUT2D eigenvalue weighted by atomic mass is 10.1. The molecule has 0 fully saturated rings. The second-order valence-corrected chi connectivity index (χ2v) is 5.13. The molecule has 0 radical (unpaired) electrons. The average molecular weight is 289 g/mol. The molecule has 0 amide bonds. The molecule has 2 rings (SSSR count). The van der Waals surface area contributed by atoms with E-state index < -0.39 is 6.10 Å². The van der Waals surface area contributed by atoms with E-state index in [2.05, 4.69) is 0 Å². The normalized spacial score (nSPS) is 12.5. The monoisotopic (exact) mass is 288 g/mol. The van der Waals surface area contributed by atoms with Crippen LogP contribution in [0.15, 0.2) is 29.6 Å². The fourth-order valence-corrected chi connectivity index (χ4v) is 2.82. The van der Waals surface area contributed by atoms with Crippen molar-refractivity contribution in [3.8, 4) is 5.75 Å². The molecule has 1 aromatic heterocycles. The fraction of sp³-hybridized carbons (Fsp3) is 0.167. The lowest BCUT2D eigenvalue weighted by Crippen LogP contribution is -2.00. The first-order valence-electron chi connectivity index (χ1n) is 4.88. The van der Waals surface area contributed by atoms with Crippen molar-refractivity contribution in [2.45, 2.75) is 6.10 Å². The quantitative estimate of drug-likeness (QED) is 0.920. The molecule has 1 unspecified atom stereocenters. The number of hydrogen-bond donors (Lipinski definition) is 1. The number of halogens is 2. The summed E-state index contributed by atoms with van der Waals surface area (Å²) < 4.78 is 5.17. The van der Waals surface area contributed by atoms with Crippen LogP contribution in [0.2, 0.25) is 10.0 Å². The molecule has 2 aromatic rings. The summed E-state index contributed by atoms with van der Waals surface area (Å²) in [4.78, 5) is 0.719. The summed E-state index contributed by atoms with van der Waals surface area (Å²) in [5.41, 5.74) is 0.583. The summed E-state index contributed by atoms with van der Waals surface area (Å²) >= 11 is 13.4. The third-order valence-corrected chi connectivity index (χ3v) is 4.19. The number of benzene rings is 1. The highest BCUT2D eigenvalue weighted by Gasteiger charge is 2.20. The first-order chi connectivity index (χ1) is 8.15. The van der Waals surface area contributed by atoms with Crippen molar-refractivity contribution in [3.05, 3.63) is 50.1 Å². The Bertz CT molecular complexity index is 525. The van der Waals surface area contributed by atoms with Gasteiger partial charge in [-0.2, -0.15) is 0 Å². The molecule has 0 saturated heterocycles. The van der Waals surface area contributed by atoms with Crippen molar-refractivity contribution in [2.24, 2.45) is 0 Å². The van der Waals surface area contributed by atoms with Crippen LogP contribution >= 0.6 is 34.5 Å². The van der Waals surface area contributed by atoms with Crippen LogP contribution in [0.25, 0.3) is 0 Å². The summed E-state index contributed by atoms with van der Waals surface area (Å²) in [6.07, 6.45) is -0.823. The highest BCUT2D eigenvalue weighted by atomic mass is 35.5. The van der Waals surface area contributed by atoms with Gasteiger partial charge >= 0.3 is 0 Å². The highest BCUT2D eigenvalue weighted by Crippen LogP contribution is 2.38. The molecule has 5 heteroatoms. The van der Waals surface area contributed by atoms with Gasteiger partial charge in [0.15, 0.2) is 0 Å². The van der Waals surface area contributed by atoms with Gasteiger partial charge in [0, 0.05) is 5.56 Å². The molecular formula is C12H10Cl2O2S. The molecule has 1 N–H and O–H groups in total. The third-order valence-electron chi connectivity index (χ3n) is 2.40. The topological polar surface area (TPSA) is 29.5 Å². The van der Waals surface area contributed by atoms with Crippen LogP contribution < -0.4 is 4.74 Å². The Hall–Kier alpha value is -0.740. The van der Waals surface area contributed by atoms with Gasteiger partial charge in [-0.25, -0.2) is 0 Å². The lowest BCUT2D eigenvalue weighted by Gasteiger charge is -2.13. The first kappa shape index (κ1) is 12.7. The molecule has 0 aliphatic rings. The standard InChI is InChI=1S/C12H10Cl2O2S/c1-16-9-5-6-17-12(9)11(15)7-3-2-4-8(13)10(7)14/h2-6,11,15H,1H3. The van der Waals surface area contributed by atoms with Crippen LogP contribution in [-0.2, 0) is 0 Å². The molecule has 1 atom stereocenters. The van der Waals surface area contributed by atoms with Gasteiger partial charge in [-0.1, -0.05) is 35.3 Å². The van der Waals surface area contributed by atoms with Crippen LogP contribution in [0.4, 0.5) is 0 Å². The second kappa shape index (κ2) is 5.27. The number of rotatable bonds is 3. The van der Waals surface area contributed by atoms with E-state index in [-0.39, 0.29) is 0 Å². The molecule has 0 bridgehead atoms. The fourth-order valence-electron chi connectivity index (χ4n) is 1.55. The number of methoxy groups -OCH3 is 1. The number of thiophene rings is 1. The van der Waals surface area contributed by atoms with Gasteiger partial charge in [0.1, 0.15) is 11.9 Å². The first-order valence-corrected chi connectivity index (χ1v) is 6.52. The zero-order chi connectivity index (χ0) is 12.4. The maximum atomic E-state index is 10.3. The molecule has 2 nitrogen and oxygen atoms in total. The molecule has 0 aliphatic carbocycles. The maximum Gasteiger partial charge on any atom is 0.135 e. The summed E-state index contributed by atoms with van der Waals surface area (Å²) in [6.45, 7) is 0. The molecule has 1 aromatic carbocycles. The van der Waals surface area contributed by atoms with E-state index in [1.807, 2.05) is 11.4 Å². The Morgan fingerprint density at radius 2 is 2.06 bits per heavy atom. The van der Waals surface area contributed by atoms with Gasteiger partial charge < -0.3 is 9.84 Å². The van der Waals surface area contributed by atoms with Crippen LogP contribution in [0.5, 0.6) is 5.75 Å². The minimum Gasteiger partial charge on any atom is -0.495 e. The van der Waals surface area contributed by atoms with E-state index in [4.69, 9.17) is 27.9 Å². The third kappa shape index (κ3) is 2.43. The number of aliphatic hydroxyl groups is 1. The Kier molecular flexibility index (Phi) is 3.94. The molecular weight excluding hydrogens is 279 g/mol. The smallest absolute Gasteiger partial charge is 0.135 e. The minimum atomic E-state index is -0.823. The summed E-state index contributed by atoms with van der Waals surface area (Å²) in [5.74, 6) is 0.651. The molecule has 1 heterocycles. The average Bonchev–Trinajstić information content (AvgIpc) is 2.80. The van der Waals surface area contributed by atoms with Gasteiger partial charge in [-0.15, -0.1) is 11.3 Å². The molecule has 0 spiro atoms.